The summed E-state index contributed by atoms with van der Waals surface area (Å²) < 4.78 is 7.13. The van der Waals surface area contributed by atoms with E-state index in [1.165, 1.54) is 0 Å². The lowest BCUT2D eigenvalue weighted by atomic mass is 9.97. The van der Waals surface area contributed by atoms with Crippen molar-refractivity contribution in [1.82, 2.24) is 19.9 Å². The molecule has 3 heterocycles. The highest BCUT2D eigenvalue weighted by Gasteiger charge is 2.27. The molecule has 7 heteroatoms. The first-order chi connectivity index (χ1) is 13.2. The third kappa shape index (κ3) is 3.72. The molecule has 4 rings (SSSR count). The van der Waals surface area contributed by atoms with E-state index < -0.39 is 0 Å². The van der Waals surface area contributed by atoms with Crippen LogP contribution in [0.25, 0.3) is 5.65 Å². The monoisotopic (exact) mass is 365 g/mol. The van der Waals surface area contributed by atoms with Crippen molar-refractivity contribution >= 4 is 17.5 Å². The molecule has 3 aromatic rings. The van der Waals surface area contributed by atoms with E-state index in [0.29, 0.717) is 13.1 Å². The number of carbonyl (C=O) groups is 1. The number of nitrogens with one attached hydrogen (secondary N) is 1. The Hall–Kier alpha value is -3.09. The summed E-state index contributed by atoms with van der Waals surface area (Å²) in [6, 6.07) is 13.6. The van der Waals surface area contributed by atoms with E-state index in [0.717, 1.165) is 42.3 Å². The molecule has 27 heavy (non-hydrogen) atoms. The van der Waals surface area contributed by atoms with Crippen LogP contribution in [0.5, 0.6) is 5.75 Å². The van der Waals surface area contributed by atoms with Crippen LogP contribution < -0.4 is 15.0 Å². The lowest BCUT2D eigenvalue weighted by molar-refractivity contribution is -0.125. The summed E-state index contributed by atoms with van der Waals surface area (Å²) in [6.07, 6.45) is 3.81. The van der Waals surface area contributed by atoms with E-state index in [2.05, 4.69) is 20.4 Å². The average molecular weight is 365 g/mol. The number of rotatable bonds is 5. The Labute approximate surface area is 158 Å². The van der Waals surface area contributed by atoms with Crippen LogP contribution in [0.15, 0.2) is 48.7 Å². The third-order valence-corrected chi connectivity index (χ3v) is 5.00. The number of amides is 1. The molecule has 1 saturated heterocycles. The minimum absolute atomic E-state index is 0.0481. The Morgan fingerprint density at radius 3 is 2.89 bits per heavy atom. The fourth-order valence-corrected chi connectivity index (χ4v) is 3.49. The van der Waals surface area contributed by atoms with E-state index in [-0.39, 0.29) is 11.8 Å². The molecule has 0 radical (unpaired) electrons. The van der Waals surface area contributed by atoms with Gasteiger partial charge in [0.15, 0.2) is 5.65 Å². The molecule has 1 atom stereocenters. The summed E-state index contributed by atoms with van der Waals surface area (Å²) >= 11 is 0. The number of benzene rings is 1. The van der Waals surface area contributed by atoms with Gasteiger partial charge in [-0.2, -0.15) is 0 Å². The van der Waals surface area contributed by atoms with E-state index in [4.69, 9.17) is 4.74 Å². The van der Waals surface area contributed by atoms with Gasteiger partial charge in [-0.1, -0.05) is 18.2 Å². The second-order valence-electron chi connectivity index (χ2n) is 6.78. The molecule has 1 unspecified atom stereocenters. The molecule has 0 saturated carbocycles. The van der Waals surface area contributed by atoms with Crippen molar-refractivity contribution in [3.8, 4) is 5.75 Å². The topological polar surface area (TPSA) is 71.8 Å². The minimum Gasteiger partial charge on any atom is -0.497 e. The van der Waals surface area contributed by atoms with Gasteiger partial charge < -0.3 is 15.0 Å². The number of hydrogen-bond donors (Lipinski definition) is 1. The van der Waals surface area contributed by atoms with Gasteiger partial charge in [-0.3, -0.25) is 9.20 Å². The number of anilines is 1. The van der Waals surface area contributed by atoms with Crippen molar-refractivity contribution in [3.05, 3.63) is 54.2 Å². The Kier molecular flexibility index (Phi) is 4.91. The fourth-order valence-electron chi connectivity index (χ4n) is 3.49. The smallest absolute Gasteiger partial charge is 0.231 e. The third-order valence-electron chi connectivity index (χ3n) is 5.00. The van der Waals surface area contributed by atoms with Gasteiger partial charge >= 0.3 is 0 Å². The lowest BCUT2D eigenvalue weighted by Gasteiger charge is -2.32. The molecule has 1 N–H and O–H groups in total. The van der Waals surface area contributed by atoms with Gasteiger partial charge in [-0.15, -0.1) is 10.2 Å². The Morgan fingerprint density at radius 1 is 1.22 bits per heavy atom. The summed E-state index contributed by atoms with van der Waals surface area (Å²) in [5, 5.41) is 11.6. The highest BCUT2D eigenvalue weighted by atomic mass is 16.5. The molecule has 140 valence electrons. The molecule has 0 spiro atoms. The maximum absolute atomic E-state index is 12.7. The van der Waals surface area contributed by atoms with E-state index in [1.54, 1.807) is 7.11 Å². The number of fused-ring (bicyclic) bond motifs is 1. The van der Waals surface area contributed by atoms with Gasteiger partial charge in [-0.05, 0) is 42.7 Å². The van der Waals surface area contributed by atoms with E-state index in [9.17, 15) is 4.79 Å². The number of nitrogens with zero attached hydrogens (tertiary/aromatic N) is 4. The summed E-state index contributed by atoms with van der Waals surface area (Å²) in [5.41, 5.74) is 1.87. The van der Waals surface area contributed by atoms with Crippen molar-refractivity contribution in [3.63, 3.8) is 0 Å². The fraction of sp³-hybridized carbons (Fsp3) is 0.350. The molecule has 1 aromatic carbocycles. The number of methoxy groups -OCH3 is 1. The maximum Gasteiger partial charge on any atom is 0.231 e. The SMILES string of the molecule is COc1ccc(CNC(=O)C2CCCN(c3nnc4ccccn34)C2)cc1. The largest absolute Gasteiger partial charge is 0.497 e. The number of carbonyl (C=O) groups excluding carboxylic acids is 1. The number of aromatic nitrogens is 3. The molecule has 1 aliphatic rings. The standard InChI is InChI=1S/C20H23N5O2/c1-27-17-9-7-15(8-10-17)13-21-19(26)16-5-4-11-24(14-16)20-23-22-18-6-2-3-12-25(18)20/h2-3,6-10,12,16H,4-5,11,13-14H2,1H3,(H,21,26). The summed E-state index contributed by atoms with van der Waals surface area (Å²) in [5.74, 6) is 1.66. The molecule has 0 bridgehead atoms. The molecular weight excluding hydrogens is 342 g/mol. The highest BCUT2D eigenvalue weighted by Crippen LogP contribution is 2.22. The van der Waals surface area contributed by atoms with Gasteiger partial charge in [0.25, 0.3) is 0 Å². The molecule has 1 fully saturated rings. The van der Waals surface area contributed by atoms with E-state index >= 15 is 0 Å². The second kappa shape index (κ2) is 7.65. The quantitative estimate of drug-likeness (QED) is 0.751. The van der Waals surface area contributed by atoms with Gasteiger partial charge in [-0.25, -0.2) is 0 Å². The van der Waals surface area contributed by atoms with Crippen LogP contribution in [0.1, 0.15) is 18.4 Å². The number of piperidine rings is 1. The zero-order chi connectivity index (χ0) is 18.6. The van der Waals surface area contributed by atoms with Crippen LogP contribution in [-0.2, 0) is 11.3 Å². The van der Waals surface area contributed by atoms with Crippen LogP contribution in [0, 0.1) is 5.92 Å². The zero-order valence-corrected chi connectivity index (χ0v) is 15.3. The predicted octanol–water partition coefficient (Wildman–Crippen LogP) is 2.27. The van der Waals surface area contributed by atoms with Crippen molar-refractivity contribution in [2.24, 2.45) is 5.92 Å². The number of ether oxygens (including phenoxy) is 1. The molecular formula is C20H23N5O2. The summed E-state index contributed by atoms with van der Waals surface area (Å²) in [4.78, 5) is 14.8. The number of pyridine rings is 1. The molecule has 1 amide bonds. The van der Waals surface area contributed by atoms with Gasteiger partial charge in [0.05, 0.1) is 13.0 Å². The van der Waals surface area contributed by atoms with Crippen LogP contribution in [-0.4, -0.2) is 40.7 Å². The molecule has 2 aromatic heterocycles. The Bertz CT molecular complexity index is 922. The summed E-state index contributed by atoms with van der Waals surface area (Å²) in [7, 11) is 1.64. The van der Waals surface area contributed by atoms with Crippen LogP contribution in [0.4, 0.5) is 5.95 Å². The first kappa shape index (κ1) is 17.3. The van der Waals surface area contributed by atoms with Crippen molar-refractivity contribution in [2.75, 3.05) is 25.1 Å². The zero-order valence-electron chi connectivity index (χ0n) is 15.3. The number of hydrogen-bond acceptors (Lipinski definition) is 5. The van der Waals surface area contributed by atoms with Crippen LogP contribution in [0.3, 0.4) is 0 Å². The van der Waals surface area contributed by atoms with Gasteiger partial charge in [0.1, 0.15) is 5.75 Å². The van der Waals surface area contributed by atoms with Gasteiger partial charge in [0.2, 0.25) is 11.9 Å². The Balaban J connectivity index is 1.39. The first-order valence-electron chi connectivity index (χ1n) is 9.20. The second-order valence-corrected chi connectivity index (χ2v) is 6.78. The van der Waals surface area contributed by atoms with E-state index in [1.807, 2.05) is 53.1 Å². The molecule has 0 aliphatic carbocycles. The normalized spacial score (nSPS) is 17.1. The first-order valence-corrected chi connectivity index (χ1v) is 9.20. The van der Waals surface area contributed by atoms with Crippen molar-refractivity contribution in [2.45, 2.75) is 19.4 Å². The molecule has 1 aliphatic heterocycles. The molecule has 7 nitrogen and oxygen atoms in total. The summed E-state index contributed by atoms with van der Waals surface area (Å²) in [6.45, 7) is 2.06. The Morgan fingerprint density at radius 2 is 2.07 bits per heavy atom. The van der Waals surface area contributed by atoms with Gasteiger partial charge in [0, 0.05) is 25.8 Å². The lowest BCUT2D eigenvalue weighted by Crippen LogP contribution is -2.43. The maximum atomic E-state index is 12.7. The highest BCUT2D eigenvalue weighted by molar-refractivity contribution is 5.79. The van der Waals surface area contributed by atoms with Crippen molar-refractivity contribution < 1.29 is 9.53 Å². The average Bonchev–Trinajstić information content (AvgIpc) is 3.16. The predicted molar refractivity (Wildman–Crippen MR) is 103 cm³/mol. The van der Waals surface area contributed by atoms with Crippen LogP contribution in [0.2, 0.25) is 0 Å². The minimum atomic E-state index is -0.0481. The van der Waals surface area contributed by atoms with Crippen LogP contribution >= 0.6 is 0 Å². The van der Waals surface area contributed by atoms with Crippen molar-refractivity contribution in [1.29, 1.82) is 0 Å².